The molecule has 1 heterocycles. The van der Waals surface area contributed by atoms with Gasteiger partial charge in [0.25, 0.3) is 17.7 Å². The van der Waals surface area contributed by atoms with E-state index >= 15 is 0 Å². The summed E-state index contributed by atoms with van der Waals surface area (Å²) in [4.78, 5) is 53.4. The summed E-state index contributed by atoms with van der Waals surface area (Å²) < 4.78 is 0. The maximum absolute atomic E-state index is 13.5. The van der Waals surface area contributed by atoms with Crippen LogP contribution in [0.1, 0.15) is 45.5 Å². The number of carbonyl (C=O) groups is 4. The molecule has 2 aromatic carbocycles. The quantitative estimate of drug-likeness (QED) is 0.459. The van der Waals surface area contributed by atoms with E-state index in [-0.39, 0.29) is 45.0 Å². The van der Waals surface area contributed by atoms with Gasteiger partial charge in [-0.15, -0.1) is 0 Å². The molecule has 3 aliphatic rings. The highest BCUT2D eigenvalue weighted by atomic mass is 35.5. The van der Waals surface area contributed by atoms with Crippen molar-refractivity contribution in [2.45, 2.75) is 26.2 Å². The lowest BCUT2D eigenvalue weighted by molar-refractivity contribution is -0.154. The van der Waals surface area contributed by atoms with Gasteiger partial charge in [0.2, 0.25) is 0 Å². The van der Waals surface area contributed by atoms with Crippen LogP contribution >= 0.6 is 23.2 Å². The van der Waals surface area contributed by atoms with E-state index in [1.165, 1.54) is 18.2 Å². The Hall–Kier alpha value is -2.70. The van der Waals surface area contributed by atoms with E-state index in [1.807, 2.05) is 6.92 Å². The average Bonchev–Trinajstić information content (AvgIpc) is 3.48. The van der Waals surface area contributed by atoms with Crippen molar-refractivity contribution >= 4 is 46.7 Å². The highest BCUT2D eigenvalue weighted by molar-refractivity contribution is 6.42. The van der Waals surface area contributed by atoms with Crippen molar-refractivity contribution < 1.29 is 19.2 Å². The Morgan fingerprint density at radius 3 is 2.06 bits per heavy atom. The van der Waals surface area contributed by atoms with Crippen LogP contribution in [0.4, 0.5) is 0 Å². The number of benzene rings is 2. The summed E-state index contributed by atoms with van der Waals surface area (Å²) in [6.07, 6.45) is 2.72. The molecule has 0 N–H and O–H groups in total. The van der Waals surface area contributed by atoms with Gasteiger partial charge in [-0.2, -0.15) is 5.01 Å². The van der Waals surface area contributed by atoms with E-state index in [0.717, 1.165) is 34.8 Å². The lowest BCUT2D eigenvalue weighted by Gasteiger charge is -2.31. The molecular weight excluding hydrogens is 463 g/mol. The summed E-state index contributed by atoms with van der Waals surface area (Å²) in [5.74, 6) is -2.28. The molecule has 2 saturated carbocycles. The number of hydrogen-bond donors (Lipinski definition) is 0. The van der Waals surface area contributed by atoms with E-state index in [2.05, 4.69) is 0 Å². The number of ketones is 1. The second kappa shape index (κ2) is 8.26. The summed E-state index contributed by atoms with van der Waals surface area (Å²) in [5, 5.41) is 2.36. The van der Waals surface area contributed by atoms with Crippen LogP contribution in [0.15, 0.2) is 42.5 Å². The van der Waals surface area contributed by atoms with Crippen LogP contribution in [0.5, 0.6) is 0 Å². The molecule has 170 valence electrons. The van der Waals surface area contributed by atoms with Gasteiger partial charge in [-0.3, -0.25) is 19.2 Å². The van der Waals surface area contributed by atoms with Crippen LogP contribution in [-0.2, 0) is 9.59 Å². The lowest BCUT2D eigenvalue weighted by Crippen LogP contribution is -2.52. The van der Waals surface area contributed by atoms with Crippen molar-refractivity contribution in [1.29, 1.82) is 0 Å². The molecule has 2 bridgehead atoms. The zero-order valence-electron chi connectivity index (χ0n) is 18.0. The second-order valence-corrected chi connectivity index (χ2v) is 9.97. The van der Waals surface area contributed by atoms with Crippen molar-refractivity contribution in [3.63, 3.8) is 0 Å². The van der Waals surface area contributed by atoms with Gasteiger partial charge in [0, 0.05) is 11.1 Å². The molecule has 1 saturated heterocycles. The first-order valence-corrected chi connectivity index (χ1v) is 11.8. The molecule has 0 radical (unpaired) electrons. The lowest BCUT2D eigenvalue weighted by atomic mass is 9.81. The number of carbonyl (C=O) groups excluding carboxylic acids is 4. The van der Waals surface area contributed by atoms with Crippen molar-refractivity contribution in [3.05, 3.63) is 69.2 Å². The maximum Gasteiger partial charge on any atom is 0.273 e. The number of hydrazine groups is 1. The minimum Gasteiger partial charge on any atom is -0.292 e. The second-order valence-electron chi connectivity index (χ2n) is 9.15. The third-order valence-electron chi connectivity index (χ3n) is 7.21. The third-order valence-corrected chi connectivity index (χ3v) is 7.95. The van der Waals surface area contributed by atoms with Crippen LogP contribution in [-0.4, -0.2) is 40.1 Å². The number of imide groups is 1. The Morgan fingerprint density at radius 1 is 0.909 bits per heavy atom. The molecule has 2 aliphatic carbocycles. The summed E-state index contributed by atoms with van der Waals surface area (Å²) in [6, 6.07) is 11.3. The minimum absolute atomic E-state index is 0.140. The zero-order valence-corrected chi connectivity index (χ0v) is 19.5. The summed E-state index contributed by atoms with van der Waals surface area (Å²) in [5.41, 5.74) is 1.53. The van der Waals surface area contributed by atoms with E-state index < -0.39 is 24.3 Å². The molecule has 5 rings (SSSR count). The summed E-state index contributed by atoms with van der Waals surface area (Å²) >= 11 is 12.1. The van der Waals surface area contributed by atoms with Gasteiger partial charge >= 0.3 is 0 Å². The number of hydrogen-bond acceptors (Lipinski definition) is 4. The van der Waals surface area contributed by atoms with E-state index in [1.54, 1.807) is 24.3 Å². The predicted octanol–water partition coefficient (Wildman–Crippen LogP) is 4.57. The Morgan fingerprint density at radius 2 is 1.48 bits per heavy atom. The summed E-state index contributed by atoms with van der Waals surface area (Å²) in [7, 11) is 0. The largest absolute Gasteiger partial charge is 0.292 e. The van der Waals surface area contributed by atoms with Crippen molar-refractivity contribution in [1.82, 2.24) is 10.0 Å². The SMILES string of the molecule is Cc1ccc(C(=O)CN(C(=O)c2ccc(Cl)c(Cl)c2)N2C(=O)[C@H]3[C@H]4CC[C@@H](C4)[C@@H]3C2=O)cc1. The smallest absolute Gasteiger partial charge is 0.273 e. The van der Waals surface area contributed by atoms with Gasteiger partial charge in [-0.1, -0.05) is 53.0 Å². The molecule has 33 heavy (non-hydrogen) atoms. The number of rotatable bonds is 5. The number of Topliss-reactive ketones (excluding diaryl/α,β-unsaturated/α-hetero) is 1. The van der Waals surface area contributed by atoms with Crippen LogP contribution in [0, 0.1) is 30.6 Å². The Kier molecular flexibility index (Phi) is 5.53. The fourth-order valence-electron chi connectivity index (χ4n) is 5.61. The molecule has 3 fully saturated rings. The van der Waals surface area contributed by atoms with Crippen LogP contribution < -0.4 is 0 Å². The number of aryl methyl sites for hydroxylation is 1. The third kappa shape index (κ3) is 3.65. The molecular formula is C25H22Cl2N2O4. The Balaban J connectivity index is 1.51. The van der Waals surface area contributed by atoms with E-state index in [9.17, 15) is 19.2 Å². The number of halogens is 2. The first-order valence-electron chi connectivity index (χ1n) is 11.0. The molecule has 0 aromatic heterocycles. The monoisotopic (exact) mass is 484 g/mol. The minimum atomic E-state index is -0.650. The fraction of sp³-hybridized carbons (Fsp3) is 0.360. The molecule has 4 atom stereocenters. The first-order chi connectivity index (χ1) is 15.8. The highest BCUT2D eigenvalue weighted by Gasteiger charge is 2.62. The maximum atomic E-state index is 13.5. The Bertz CT molecular complexity index is 1150. The topological polar surface area (TPSA) is 74.8 Å². The van der Waals surface area contributed by atoms with Gasteiger partial charge in [0.05, 0.1) is 21.9 Å². The van der Waals surface area contributed by atoms with Crippen molar-refractivity contribution in [3.8, 4) is 0 Å². The average molecular weight is 485 g/mol. The molecule has 2 aromatic rings. The zero-order chi connectivity index (χ0) is 23.4. The highest BCUT2D eigenvalue weighted by Crippen LogP contribution is 2.56. The molecule has 8 heteroatoms. The molecule has 6 nitrogen and oxygen atoms in total. The van der Waals surface area contributed by atoms with Gasteiger partial charge in [0.15, 0.2) is 5.78 Å². The Labute approximate surface area is 201 Å². The van der Waals surface area contributed by atoms with Crippen LogP contribution in [0.3, 0.4) is 0 Å². The van der Waals surface area contributed by atoms with Crippen LogP contribution in [0.2, 0.25) is 10.0 Å². The number of nitrogens with zero attached hydrogens (tertiary/aromatic N) is 2. The van der Waals surface area contributed by atoms with Crippen molar-refractivity contribution in [2.75, 3.05) is 6.54 Å². The standard InChI is InChI=1S/C25H22Cl2N2O4/c1-13-2-4-14(5-3-13)20(30)12-28(23(31)17-8-9-18(26)19(27)11-17)29-24(32)21-15-6-7-16(10-15)22(21)25(29)33/h2-5,8-9,11,15-16,21-22H,6-7,10,12H2,1H3/t15-,16-,21-,22-/m0/s1. The van der Waals surface area contributed by atoms with Gasteiger partial charge in [-0.05, 0) is 56.2 Å². The number of amides is 3. The van der Waals surface area contributed by atoms with E-state index in [4.69, 9.17) is 23.2 Å². The van der Waals surface area contributed by atoms with E-state index in [0.29, 0.717) is 5.56 Å². The molecule has 1 aliphatic heterocycles. The van der Waals surface area contributed by atoms with Gasteiger partial charge in [-0.25, -0.2) is 5.01 Å². The predicted molar refractivity (Wildman–Crippen MR) is 123 cm³/mol. The summed E-state index contributed by atoms with van der Waals surface area (Å²) in [6.45, 7) is 1.47. The van der Waals surface area contributed by atoms with Gasteiger partial charge < -0.3 is 0 Å². The van der Waals surface area contributed by atoms with Gasteiger partial charge in [0.1, 0.15) is 6.54 Å². The first kappa shape index (κ1) is 22.1. The molecule has 3 amide bonds. The number of fused-ring (bicyclic) bond motifs is 5. The van der Waals surface area contributed by atoms with Crippen molar-refractivity contribution in [2.24, 2.45) is 23.7 Å². The fourth-order valence-corrected chi connectivity index (χ4v) is 5.91. The molecule has 0 spiro atoms. The van der Waals surface area contributed by atoms with Crippen LogP contribution in [0.25, 0.3) is 0 Å². The normalized spacial score (nSPS) is 25.5. The molecule has 0 unspecified atom stereocenters.